The number of hydrogen-bond acceptors (Lipinski definition) is 2. The van der Waals surface area contributed by atoms with E-state index in [1.165, 1.54) is 0 Å². The number of aromatic nitrogens is 1. The minimum Gasteiger partial charge on any atom is -0.340 e. The van der Waals surface area contributed by atoms with Crippen LogP contribution in [0.25, 0.3) is 0 Å². The molecule has 0 saturated heterocycles. The van der Waals surface area contributed by atoms with Crippen LogP contribution >= 0.6 is 0 Å². The molecule has 0 atom stereocenters. The van der Waals surface area contributed by atoms with Crippen LogP contribution in [0, 0.1) is 0 Å². The lowest BCUT2D eigenvalue weighted by atomic mass is 10.2. The van der Waals surface area contributed by atoms with Gasteiger partial charge in [-0.2, -0.15) is 0 Å². The molecule has 0 saturated carbocycles. The van der Waals surface area contributed by atoms with Gasteiger partial charge in [-0.15, -0.1) is 0 Å². The van der Waals surface area contributed by atoms with Gasteiger partial charge in [0.15, 0.2) is 6.29 Å². The first-order valence-electron chi connectivity index (χ1n) is 5.00. The van der Waals surface area contributed by atoms with Crippen LogP contribution in [0.1, 0.15) is 16.1 Å². The fourth-order valence-electron chi connectivity index (χ4n) is 1.62. The predicted molar refractivity (Wildman–Crippen MR) is 60.4 cm³/mol. The minimum atomic E-state index is -0.485. The third-order valence-corrected chi connectivity index (χ3v) is 2.38. The molecular weight excluding hydrogens is 202 g/mol. The van der Waals surface area contributed by atoms with E-state index >= 15 is 0 Å². The van der Waals surface area contributed by atoms with Gasteiger partial charge in [0.05, 0.1) is 5.69 Å². The van der Waals surface area contributed by atoms with E-state index in [4.69, 9.17) is 0 Å². The smallest absolute Gasteiger partial charge is 0.241 e. The molecule has 0 N–H and O–H groups in total. The molecule has 3 heteroatoms. The van der Waals surface area contributed by atoms with Gasteiger partial charge in [0, 0.05) is 12.7 Å². The first kappa shape index (κ1) is 10.4. The van der Waals surface area contributed by atoms with E-state index < -0.39 is 5.78 Å². The van der Waals surface area contributed by atoms with Crippen LogP contribution in [0.15, 0.2) is 48.7 Å². The molecule has 0 bridgehead atoms. The van der Waals surface area contributed by atoms with Gasteiger partial charge < -0.3 is 4.57 Å². The zero-order chi connectivity index (χ0) is 11.4. The van der Waals surface area contributed by atoms with Gasteiger partial charge in [-0.3, -0.25) is 9.59 Å². The monoisotopic (exact) mass is 213 g/mol. The van der Waals surface area contributed by atoms with Crippen molar-refractivity contribution in [3.63, 3.8) is 0 Å². The Balaban J connectivity index is 2.26. The Hall–Kier alpha value is -2.16. The quantitative estimate of drug-likeness (QED) is 0.442. The molecule has 0 aliphatic rings. The molecular formula is C13H11NO2. The number of nitrogens with zero attached hydrogens (tertiary/aromatic N) is 1. The van der Waals surface area contributed by atoms with Crippen LogP contribution in [-0.4, -0.2) is 16.6 Å². The second-order valence-corrected chi connectivity index (χ2v) is 3.49. The van der Waals surface area contributed by atoms with Crippen molar-refractivity contribution in [2.75, 3.05) is 0 Å². The largest absolute Gasteiger partial charge is 0.340 e. The molecule has 80 valence electrons. The van der Waals surface area contributed by atoms with Gasteiger partial charge in [-0.25, -0.2) is 0 Å². The number of carbonyl (C=O) groups excluding carboxylic acids is 2. The van der Waals surface area contributed by atoms with Crippen LogP contribution in [0.2, 0.25) is 0 Å². The lowest BCUT2D eigenvalue weighted by Crippen LogP contribution is -2.10. The average Bonchev–Trinajstić information content (AvgIpc) is 2.77. The molecule has 0 aliphatic heterocycles. The Morgan fingerprint density at radius 1 is 1.12 bits per heavy atom. The molecule has 2 rings (SSSR count). The number of rotatable bonds is 4. The Bertz CT molecular complexity index is 500. The van der Waals surface area contributed by atoms with Gasteiger partial charge in [0.1, 0.15) is 0 Å². The van der Waals surface area contributed by atoms with Crippen LogP contribution in [0.4, 0.5) is 0 Å². The van der Waals surface area contributed by atoms with E-state index in [-0.39, 0.29) is 0 Å². The van der Waals surface area contributed by atoms with Crippen LogP contribution in [-0.2, 0) is 11.3 Å². The van der Waals surface area contributed by atoms with Crippen molar-refractivity contribution in [3.8, 4) is 0 Å². The molecule has 0 unspecified atom stereocenters. The third kappa shape index (κ3) is 2.08. The van der Waals surface area contributed by atoms with E-state index in [0.29, 0.717) is 18.5 Å². The van der Waals surface area contributed by atoms with Gasteiger partial charge >= 0.3 is 0 Å². The fourth-order valence-corrected chi connectivity index (χ4v) is 1.62. The second-order valence-electron chi connectivity index (χ2n) is 3.49. The van der Waals surface area contributed by atoms with Crippen molar-refractivity contribution in [1.29, 1.82) is 0 Å². The maximum absolute atomic E-state index is 11.3. The molecule has 0 fully saturated rings. The number of Topliss-reactive ketones (excluding diaryl/α,β-unsaturated/α-hetero) is 1. The highest BCUT2D eigenvalue weighted by Gasteiger charge is 2.09. The summed E-state index contributed by atoms with van der Waals surface area (Å²) in [6.07, 6.45) is 2.14. The summed E-state index contributed by atoms with van der Waals surface area (Å²) in [5.74, 6) is -0.485. The number of aldehydes is 1. The Morgan fingerprint density at radius 2 is 1.88 bits per heavy atom. The molecule has 3 nitrogen and oxygen atoms in total. The minimum absolute atomic E-state index is 0.344. The topological polar surface area (TPSA) is 39.1 Å². The summed E-state index contributed by atoms with van der Waals surface area (Å²) < 4.78 is 1.77. The summed E-state index contributed by atoms with van der Waals surface area (Å²) in [5, 5.41) is 0. The van der Waals surface area contributed by atoms with E-state index in [0.717, 1.165) is 5.56 Å². The van der Waals surface area contributed by atoms with Crippen molar-refractivity contribution in [2.24, 2.45) is 0 Å². The zero-order valence-corrected chi connectivity index (χ0v) is 8.67. The molecule has 0 spiro atoms. The van der Waals surface area contributed by atoms with Crippen LogP contribution in [0.5, 0.6) is 0 Å². The lowest BCUT2D eigenvalue weighted by molar-refractivity contribution is -0.104. The number of benzene rings is 1. The van der Waals surface area contributed by atoms with E-state index in [1.807, 2.05) is 30.3 Å². The highest BCUT2D eigenvalue weighted by Crippen LogP contribution is 2.07. The summed E-state index contributed by atoms with van der Waals surface area (Å²) in [6.45, 7) is 0.600. The molecule has 0 aliphatic carbocycles. The van der Waals surface area contributed by atoms with Crippen molar-refractivity contribution < 1.29 is 9.59 Å². The SMILES string of the molecule is O=CC(=O)c1cccn1Cc1ccccc1. The zero-order valence-electron chi connectivity index (χ0n) is 8.67. The number of hydrogen-bond donors (Lipinski definition) is 0. The summed E-state index contributed by atoms with van der Waals surface area (Å²) in [4.78, 5) is 21.7. The van der Waals surface area contributed by atoms with E-state index in [2.05, 4.69) is 0 Å². The van der Waals surface area contributed by atoms with E-state index in [1.54, 1.807) is 22.9 Å². The van der Waals surface area contributed by atoms with Crippen molar-refractivity contribution in [2.45, 2.75) is 6.54 Å². The normalized spacial score (nSPS) is 10.0. The van der Waals surface area contributed by atoms with E-state index in [9.17, 15) is 9.59 Å². The average molecular weight is 213 g/mol. The van der Waals surface area contributed by atoms with Gasteiger partial charge in [0.2, 0.25) is 5.78 Å². The summed E-state index contributed by atoms with van der Waals surface area (Å²) >= 11 is 0. The molecule has 1 aromatic heterocycles. The first-order valence-corrected chi connectivity index (χ1v) is 5.00. The van der Waals surface area contributed by atoms with Crippen molar-refractivity contribution >= 4 is 12.1 Å². The Labute approximate surface area is 93.3 Å². The highest BCUT2D eigenvalue weighted by molar-refractivity contribution is 6.32. The van der Waals surface area contributed by atoms with Crippen LogP contribution in [0.3, 0.4) is 0 Å². The lowest BCUT2D eigenvalue weighted by Gasteiger charge is -2.06. The molecule has 2 aromatic rings. The van der Waals surface area contributed by atoms with Gasteiger partial charge in [-0.1, -0.05) is 30.3 Å². The van der Waals surface area contributed by atoms with Crippen molar-refractivity contribution in [3.05, 3.63) is 59.9 Å². The summed E-state index contributed by atoms with van der Waals surface area (Å²) in [5.41, 5.74) is 1.53. The molecule has 16 heavy (non-hydrogen) atoms. The third-order valence-electron chi connectivity index (χ3n) is 2.38. The second kappa shape index (κ2) is 4.57. The number of ketones is 1. The first-order chi connectivity index (χ1) is 7.81. The van der Waals surface area contributed by atoms with Gasteiger partial charge in [-0.05, 0) is 17.7 Å². The van der Waals surface area contributed by atoms with Crippen molar-refractivity contribution in [1.82, 2.24) is 4.57 Å². The molecule has 1 heterocycles. The van der Waals surface area contributed by atoms with Crippen LogP contribution < -0.4 is 0 Å². The summed E-state index contributed by atoms with van der Waals surface area (Å²) in [7, 11) is 0. The molecule has 0 radical (unpaired) electrons. The maximum atomic E-state index is 11.3. The Morgan fingerprint density at radius 3 is 2.56 bits per heavy atom. The predicted octanol–water partition coefficient (Wildman–Crippen LogP) is 1.92. The molecule has 1 aromatic carbocycles. The fraction of sp³-hybridized carbons (Fsp3) is 0.0769. The molecule has 0 amide bonds. The summed E-state index contributed by atoms with van der Waals surface area (Å²) in [6, 6.07) is 13.2. The maximum Gasteiger partial charge on any atom is 0.241 e. The van der Waals surface area contributed by atoms with Gasteiger partial charge in [0.25, 0.3) is 0 Å². The Kier molecular flexibility index (Phi) is 2.96. The number of carbonyl (C=O) groups is 2. The standard InChI is InChI=1S/C13H11NO2/c15-10-13(16)12-7-4-8-14(12)9-11-5-2-1-3-6-11/h1-8,10H,9H2. The highest BCUT2D eigenvalue weighted by atomic mass is 16.2.